The fourth-order valence-electron chi connectivity index (χ4n) is 2.67. The lowest BCUT2D eigenvalue weighted by Gasteiger charge is -2.19. The molecule has 0 spiro atoms. The smallest absolute Gasteiger partial charge is 0.277 e. The van der Waals surface area contributed by atoms with E-state index in [0.717, 1.165) is 41.6 Å². The number of nitrogens with zero attached hydrogens (tertiary/aromatic N) is 4. The standard InChI is InChI=1S/C14H20N6OS/c1-8-11(16-9(2)22-8)13(21)18-14-17-12(19-20(14)3)10-4-6-15-7-5-10/h10,15H,4-7H2,1-3H3,(H,17,18,19,21). The summed E-state index contributed by atoms with van der Waals surface area (Å²) in [6.07, 6.45) is 2.06. The van der Waals surface area contributed by atoms with E-state index in [1.165, 1.54) is 11.3 Å². The summed E-state index contributed by atoms with van der Waals surface area (Å²) in [5, 5.41) is 11.5. The number of piperidine rings is 1. The van der Waals surface area contributed by atoms with Crippen molar-refractivity contribution in [2.45, 2.75) is 32.6 Å². The summed E-state index contributed by atoms with van der Waals surface area (Å²) >= 11 is 1.52. The molecule has 1 amide bonds. The molecular formula is C14H20N6OS. The molecule has 118 valence electrons. The van der Waals surface area contributed by atoms with Gasteiger partial charge in [-0.1, -0.05) is 0 Å². The zero-order valence-electron chi connectivity index (χ0n) is 13.0. The van der Waals surface area contributed by atoms with Gasteiger partial charge in [-0.15, -0.1) is 11.3 Å². The Morgan fingerprint density at radius 3 is 2.68 bits per heavy atom. The number of aryl methyl sites for hydroxylation is 3. The summed E-state index contributed by atoms with van der Waals surface area (Å²) in [4.78, 5) is 22.0. The Bertz CT molecular complexity index is 686. The van der Waals surface area contributed by atoms with E-state index in [4.69, 9.17) is 0 Å². The number of hydrogen-bond donors (Lipinski definition) is 2. The third kappa shape index (κ3) is 3.02. The van der Waals surface area contributed by atoms with Crippen molar-refractivity contribution in [2.75, 3.05) is 18.4 Å². The minimum Gasteiger partial charge on any atom is -0.317 e. The number of rotatable bonds is 3. The summed E-state index contributed by atoms with van der Waals surface area (Å²) in [7, 11) is 1.80. The van der Waals surface area contributed by atoms with E-state index in [9.17, 15) is 4.79 Å². The summed E-state index contributed by atoms with van der Waals surface area (Å²) in [5.74, 6) is 1.42. The fourth-order valence-corrected chi connectivity index (χ4v) is 3.48. The van der Waals surface area contributed by atoms with Crippen LogP contribution in [0.1, 0.15) is 45.0 Å². The molecule has 7 nitrogen and oxygen atoms in total. The predicted molar refractivity (Wildman–Crippen MR) is 85.4 cm³/mol. The van der Waals surface area contributed by atoms with Gasteiger partial charge in [-0.3, -0.25) is 10.1 Å². The molecule has 8 heteroatoms. The molecular weight excluding hydrogens is 300 g/mol. The minimum atomic E-state index is -0.228. The van der Waals surface area contributed by atoms with Crippen molar-refractivity contribution in [1.29, 1.82) is 0 Å². The highest BCUT2D eigenvalue weighted by atomic mass is 32.1. The van der Waals surface area contributed by atoms with Crippen LogP contribution in [0.4, 0.5) is 5.95 Å². The van der Waals surface area contributed by atoms with Gasteiger partial charge in [-0.2, -0.15) is 10.1 Å². The molecule has 1 fully saturated rings. The zero-order valence-corrected chi connectivity index (χ0v) is 13.8. The summed E-state index contributed by atoms with van der Waals surface area (Å²) < 4.78 is 1.63. The molecule has 1 saturated heterocycles. The molecule has 0 radical (unpaired) electrons. The van der Waals surface area contributed by atoms with E-state index >= 15 is 0 Å². The highest BCUT2D eigenvalue weighted by Crippen LogP contribution is 2.23. The third-order valence-electron chi connectivity index (χ3n) is 3.83. The maximum absolute atomic E-state index is 12.3. The Balaban J connectivity index is 1.76. The van der Waals surface area contributed by atoms with Crippen LogP contribution >= 0.6 is 11.3 Å². The van der Waals surface area contributed by atoms with Crippen molar-refractivity contribution in [3.05, 3.63) is 21.4 Å². The number of amides is 1. The van der Waals surface area contributed by atoms with Crippen LogP contribution in [0.25, 0.3) is 0 Å². The summed E-state index contributed by atoms with van der Waals surface area (Å²) in [6.45, 7) is 5.77. The van der Waals surface area contributed by atoms with Gasteiger partial charge in [-0.25, -0.2) is 9.67 Å². The predicted octanol–water partition coefficient (Wildman–Crippen LogP) is 1.61. The highest BCUT2D eigenvalue weighted by molar-refractivity contribution is 7.11. The molecule has 0 aromatic carbocycles. The van der Waals surface area contributed by atoms with Crippen LogP contribution in [-0.2, 0) is 7.05 Å². The molecule has 0 bridgehead atoms. The largest absolute Gasteiger partial charge is 0.317 e. The second-order valence-electron chi connectivity index (χ2n) is 5.53. The van der Waals surface area contributed by atoms with Gasteiger partial charge in [0.25, 0.3) is 5.91 Å². The van der Waals surface area contributed by atoms with Gasteiger partial charge in [0.1, 0.15) is 5.69 Å². The SMILES string of the molecule is Cc1nc(C(=O)Nc2nc(C3CCNCC3)nn2C)c(C)s1. The van der Waals surface area contributed by atoms with Gasteiger partial charge in [0.2, 0.25) is 5.95 Å². The summed E-state index contributed by atoms with van der Waals surface area (Å²) in [6, 6.07) is 0. The highest BCUT2D eigenvalue weighted by Gasteiger charge is 2.22. The van der Waals surface area contributed by atoms with E-state index in [0.29, 0.717) is 17.6 Å². The maximum Gasteiger partial charge on any atom is 0.277 e. The zero-order chi connectivity index (χ0) is 15.7. The van der Waals surface area contributed by atoms with Crippen LogP contribution in [0.5, 0.6) is 0 Å². The molecule has 3 heterocycles. The molecule has 2 aromatic rings. The Morgan fingerprint density at radius 1 is 1.32 bits per heavy atom. The van der Waals surface area contributed by atoms with Gasteiger partial charge in [0.05, 0.1) is 5.01 Å². The molecule has 2 N–H and O–H groups in total. The van der Waals surface area contributed by atoms with Crippen LogP contribution < -0.4 is 10.6 Å². The van der Waals surface area contributed by atoms with E-state index < -0.39 is 0 Å². The molecule has 0 atom stereocenters. The first-order chi connectivity index (χ1) is 10.5. The number of thiazole rings is 1. The van der Waals surface area contributed by atoms with Crippen LogP contribution in [0.3, 0.4) is 0 Å². The van der Waals surface area contributed by atoms with Crippen LogP contribution in [0.2, 0.25) is 0 Å². The maximum atomic E-state index is 12.3. The lowest BCUT2D eigenvalue weighted by Crippen LogP contribution is -2.27. The van der Waals surface area contributed by atoms with Gasteiger partial charge >= 0.3 is 0 Å². The summed E-state index contributed by atoms with van der Waals surface area (Å²) in [5.41, 5.74) is 0.467. The van der Waals surface area contributed by atoms with Crippen molar-refractivity contribution < 1.29 is 4.79 Å². The molecule has 0 unspecified atom stereocenters. The molecule has 3 rings (SSSR count). The average Bonchev–Trinajstić information content (AvgIpc) is 3.03. The van der Waals surface area contributed by atoms with Crippen molar-refractivity contribution >= 4 is 23.2 Å². The first kappa shape index (κ1) is 15.1. The second kappa shape index (κ2) is 6.13. The molecule has 1 aliphatic heterocycles. The number of nitrogens with one attached hydrogen (secondary N) is 2. The molecule has 22 heavy (non-hydrogen) atoms. The van der Waals surface area contributed by atoms with Crippen LogP contribution in [0.15, 0.2) is 0 Å². The average molecular weight is 320 g/mol. The molecule has 2 aromatic heterocycles. The number of aromatic nitrogens is 4. The van der Waals surface area contributed by atoms with E-state index in [-0.39, 0.29) is 5.91 Å². The van der Waals surface area contributed by atoms with Crippen molar-refractivity contribution in [3.8, 4) is 0 Å². The van der Waals surface area contributed by atoms with Gasteiger partial charge in [-0.05, 0) is 39.8 Å². The first-order valence-corrected chi connectivity index (χ1v) is 8.23. The van der Waals surface area contributed by atoms with Crippen molar-refractivity contribution in [3.63, 3.8) is 0 Å². The number of carbonyl (C=O) groups is 1. The van der Waals surface area contributed by atoms with E-state index in [1.807, 2.05) is 13.8 Å². The monoisotopic (exact) mass is 320 g/mol. The first-order valence-electron chi connectivity index (χ1n) is 7.41. The molecule has 0 saturated carbocycles. The fraction of sp³-hybridized carbons (Fsp3) is 0.571. The van der Waals surface area contributed by atoms with Gasteiger partial charge in [0, 0.05) is 17.8 Å². The molecule has 0 aliphatic carbocycles. The minimum absolute atomic E-state index is 0.228. The Labute approximate surface area is 133 Å². The Morgan fingerprint density at radius 2 is 2.05 bits per heavy atom. The Hall–Kier alpha value is -1.80. The number of hydrogen-bond acceptors (Lipinski definition) is 6. The van der Waals surface area contributed by atoms with Gasteiger partial charge in [0.15, 0.2) is 5.82 Å². The van der Waals surface area contributed by atoms with Crippen molar-refractivity contribution in [1.82, 2.24) is 25.1 Å². The molecule has 1 aliphatic rings. The third-order valence-corrected chi connectivity index (χ3v) is 4.71. The number of anilines is 1. The lowest BCUT2D eigenvalue weighted by molar-refractivity contribution is 0.102. The lowest BCUT2D eigenvalue weighted by atomic mass is 9.98. The van der Waals surface area contributed by atoms with Crippen molar-refractivity contribution in [2.24, 2.45) is 7.05 Å². The second-order valence-corrected chi connectivity index (χ2v) is 6.94. The van der Waals surface area contributed by atoms with Crippen LogP contribution in [0, 0.1) is 13.8 Å². The van der Waals surface area contributed by atoms with E-state index in [1.54, 1.807) is 11.7 Å². The normalized spacial score (nSPS) is 16.0. The van der Waals surface area contributed by atoms with Crippen LogP contribution in [-0.4, -0.2) is 38.7 Å². The van der Waals surface area contributed by atoms with Gasteiger partial charge < -0.3 is 5.32 Å². The van der Waals surface area contributed by atoms with E-state index in [2.05, 4.69) is 25.7 Å². The Kier molecular flexibility index (Phi) is 4.21. The number of carbonyl (C=O) groups excluding carboxylic acids is 1. The topological polar surface area (TPSA) is 84.7 Å². The quantitative estimate of drug-likeness (QED) is 0.897.